The molecule has 0 bridgehead atoms. The van der Waals surface area contributed by atoms with Gasteiger partial charge in [-0.15, -0.1) is 0 Å². The van der Waals surface area contributed by atoms with Crippen molar-refractivity contribution in [2.24, 2.45) is 5.92 Å². The predicted molar refractivity (Wildman–Crippen MR) is 94.6 cm³/mol. The van der Waals surface area contributed by atoms with Crippen LogP contribution in [0, 0.1) is 5.92 Å². The van der Waals surface area contributed by atoms with Gasteiger partial charge in [-0.05, 0) is 59.3 Å². The van der Waals surface area contributed by atoms with Crippen molar-refractivity contribution < 1.29 is 9.53 Å². The highest BCUT2D eigenvalue weighted by Crippen LogP contribution is 2.26. The molecule has 1 N–H and O–H groups in total. The van der Waals surface area contributed by atoms with Crippen LogP contribution >= 0.6 is 0 Å². The zero-order valence-electron chi connectivity index (χ0n) is 15.6. The summed E-state index contributed by atoms with van der Waals surface area (Å²) in [6, 6.07) is 0.840. The molecule has 1 aliphatic heterocycles. The summed E-state index contributed by atoms with van der Waals surface area (Å²) in [5.74, 6) is 0.800. The Morgan fingerprint density at radius 3 is 2.39 bits per heavy atom. The highest BCUT2D eigenvalue weighted by molar-refractivity contribution is 5.69. The van der Waals surface area contributed by atoms with E-state index in [-0.39, 0.29) is 12.1 Å². The van der Waals surface area contributed by atoms with E-state index in [0.717, 1.165) is 31.8 Å². The number of hydrogen-bond donors (Lipinski definition) is 1. The maximum atomic E-state index is 12.3. The van der Waals surface area contributed by atoms with Crippen LogP contribution in [0.5, 0.6) is 0 Å². The first-order valence-corrected chi connectivity index (χ1v) is 9.60. The Hall–Kier alpha value is -0.770. The maximum Gasteiger partial charge on any atom is 0.410 e. The van der Waals surface area contributed by atoms with Crippen LogP contribution in [-0.4, -0.2) is 41.8 Å². The van der Waals surface area contributed by atoms with Crippen molar-refractivity contribution in [3.63, 3.8) is 0 Å². The van der Waals surface area contributed by atoms with Gasteiger partial charge >= 0.3 is 6.09 Å². The Morgan fingerprint density at radius 2 is 1.78 bits per heavy atom. The Bertz CT molecular complexity index is 370. The third kappa shape index (κ3) is 5.98. The molecule has 1 amide bonds. The van der Waals surface area contributed by atoms with Gasteiger partial charge in [-0.3, -0.25) is 0 Å². The van der Waals surface area contributed by atoms with Gasteiger partial charge in [0.05, 0.1) is 0 Å². The van der Waals surface area contributed by atoms with Crippen molar-refractivity contribution in [3.05, 3.63) is 0 Å². The summed E-state index contributed by atoms with van der Waals surface area (Å²) in [6.45, 7) is 9.85. The largest absolute Gasteiger partial charge is 0.444 e. The maximum absolute atomic E-state index is 12.3. The number of hydrogen-bond acceptors (Lipinski definition) is 3. The van der Waals surface area contributed by atoms with E-state index in [2.05, 4.69) is 12.2 Å². The van der Waals surface area contributed by atoms with Gasteiger partial charge in [0.1, 0.15) is 5.60 Å². The first-order valence-electron chi connectivity index (χ1n) is 9.60. The Balaban J connectivity index is 1.80. The molecule has 4 heteroatoms. The number of nitrogens with one attached hydrogen (secondary N) is 1. The van der Waals surface area contributed by atoms with E-state index in [0.29, 0.717) is 6.04 Å². The minimum Gasteiger partial charge on any atom is -0.444 e. The molecule has 2 atom stereocenters. The van der Waals surface area contributed by atoms with Gasteiger partial charge in [0, 0.05) is 25.2 Å². The lowest BCUT2D eigenvalue weighted by molar-refractivity contribution is 0.0223. The lowest BCUT2D eigenvalue weighted by Gasteiger charge is -2.31. The molecule has 0 spiro atoms. The smallest absolute Gasteiger partial charge is 0.410 e. The van der Waals surface area contributed by atoms with Crippen LogP contribution in [0.2, 0.25) is 0 Å². The van der Waals surface area contributed by atoms with Gasteiger partial charge < -0.3 is 15.0 Å². The zero-order chi connectivity index (χ0) is 16.9. The molecule has 0 aromatic rings. The molecule has 0 aromatic carbocycles. The third-order valence-corrected chi connectivity index (χ3v) is 5.29. The minimum absolute atomic E-state index is 0.149. The monoisotopic (exact) mass is 324 g/mol. The highest BCUT2D eigenvalue weighted by atomic mass is 16.6. The third-order valence-electron chi connectivity index (χ3n) is 5.29. The van der Waals surface area contributed by atoms with Gasteiger partial charge in [0.15, 0.2) is 0 Å². The summed E-state index contributed by atoms with van der Waals surface area (Å²) < 4.78 is 5.55. The van der Waals surface area contributed by atoms with E-state index in [1.807, 2.05) is 25.7 Å². The molecule has 1 saturated heterocycles. The molecule has 2 aliphatic rings. The van der Waals surface area contributed by atoms with Crippen LogP contribution < -0.4 is 5.32 Å². The summed E-state index contributed by atoms with van der Waals surface area (Å²) >= 11 is 0. The molecule has 1 saturated carbocycles. The second-order valence-corrected chi connectivity index (χ2v) is 8.42. The van der Waals surface area contributed by atoms with Crippen LogP contribution in [0.25, 0.3) is 0 Å². The van der Waals surface area contributed by atoms with E-state index >= 15 is 0 Å². The van der Waals surface area contributed by atoms with Crippen molar-refractivity contribution in [1.82, 2.24) is 10.2 Å². The average molecular weight is 325 g/mol. The topological polar surface area (TPSA) is 41.6 Å². The summed E-state index contributed by atoms with van der Waals surface area (Å²) in [5.41, 5.74) is -0.411. The lowest BCUT2D eigenvalue weighted by atomic mass is 9.93. The Labute approximate surface area is 142 Å². The molecular formula is C19H36N2O2. The molecule has 0 aromatic heterocycles. The number of amides is 1. The number of carbonyl (C=O) groups is 1. The molecule has 1 aliphatic carbocycles. The van der Waals surface area contributed by atoms with Crippen LogP contribution in [0.1, 0.15) is 79.1 Å². The van der Waals surface area contributed by atoms with Crippen LogP contribution in [0.3, 0.4) is 0 Å². The standard InChI is InChI=1S/C19H36N2O2/c1-15(16-10-7-5-6-8-11-16)20-14-17-12-9-13-21(17)18(22)23-19(2,3)4/h15-17,20H,5-14H2,1-4H3/t15-,17?/m0/s1. The second kappa shape index (κ2) is 8.36. The fourth-order valence-electron chi connectivity index (χ4n) is 3.91. The van der Waals surface area contributed by atoms with Crippen molar-refractivity contribution in [2.75, 3.05) is 13.1 Å². The van der Waals surface area contributed by atoms with Gasteiger partial charge in [-0.25, -0.2) is 4.79 Å². The Morgan fingerprint density at radius 1 is 1.13 bits per heavy atom. The molecule has 2 fully saturated rings. The van der Waals surface area contributed by atoms with Crippen LogP contribution in [0.4, 0.5) is 4.79 Å². The molecule has 1 unspecified atom stereocenters. The van der Waals surface area contributed by atoms with Crippen molar-refractivity contribution in [2.45, 2.75) is 96.7 Å². The molecule has 134 valence electrons. The summed E-state index contributed by atoms with van der Waals surface area (Å²) in [6.07, 6.45) is 10.3. The van der Waals surface area contributed by atoms with Gasteiger partial charge in [-0.1, -0.05) is 25.7 Å². The van der Waals surface area contributed by atoms with E-state index in [1.165, 1.54) is 38.5 Å². The van der Waals surface area contributed by atoms with E-state index < -0.39 is 5.60 Å². The first kappa shape index (κ1) is 18.6. The fourth-order valence-corrected chi connectivity index (χ4v) is 3.91. The summed E-state index contributed by atoms with van der Waals surface area (Å²) in [4.78, 5) is 14.3. The van der Waals surface area contributed by atoms with Crippen molar-refractivity contribution in [1.29, 1.82) is 0 Å². The first-order chi connectivity index (χ1) is 10.9. The lowest BCUT2D eigenvalue weighted by Crippen LogP contribution is -2.46. The normalized spacial score (nSPS) is 25.2. The number of ether oxygens (including phenoxy) is 1. The van der Waals surface area contributed by atoms with E-state index in [1.54, 1.807) is 0 Å². The fraction of sp³-hybridized carbons (Fsp3) is 0.947. The van der Waals surface area contributed by atoms with Gasteiger partial charge in [0.2, 0.25) is 0 Å². The summed E-state index contributed by atoms with van der Waals surface area (Å²) in [7, 11) is 0. The molecule has 23 heavy (non-hydrogen) atoms. The van der Waals surface area contributed by atoms with E-state index in [9.17, 15) is 4.79 Å². The van der Waals surface area contributed by atoms with Gasteiger partial charge in [-0.2, -0.15) is 0 Å². The van der Waals surface area contributed by atoms with E-state index in [4.69, 9.17) is 4.74 Å². The van der Waals surface area contributed by atoms with Gasteiger partial charge in [0.25, 0.3) is 0 Å². The number of likely N-dealkylation sites (tertiary alicyclic amines) is 1. The number of nitrogens with zero attached hydrogens (tertiary/aromatic N) is 1. The number of carbonyl (C=O) groups excluding carboxylic acids is 1. The minimum atomic E-state index is -0.411. The van der Waals surface area contributed by atoms with Crippen LogP contribution in [-0.2, 0) is 4.74 Å². The molecule has 4 nitrogen and oxygen atoms in total. The number of rotatable bonds is 4. The van der Waals surface area contributed by atoms with Crippen molar-refractivity contribution in [3.8, 4) is 0 Å². The Kier molecular flexibility index (Phi) is 6.75. The molecule has 2 rings (SSSR count). The second-order valence-electron chi connectivity index (χ2n) is 8.42. The molecular weight excluding hydrogens is 288 g/mol. The predicted octanol–water partition coefficient (Wildman–Crippen LogP) is 4.33. The average Bonchev–Trinajstić information content (AvgIpc) is 2.76. The quantitative estimate of drug-likeness (QED) is 0.782. The van der Waals surface area contributed by atoms with Crippen molar-refractivity contribution >= 4 is 6.09 Å². The molecule has 1 heterocycles. The highest BCUT2D eigenvalue weighted by Gasteiger charge is 2.32. The van der Waals surface area contributed by atoms with Crippen LogP contribution in [0.15, 0.2) is 0 Å². The molecule has 0 radical (unpaired) electrons. The summed E-state index contributed by atoms with van der Waals surface area (Å²) in [5, 5.41) is 3.72. The zero-order valence-corrected chi connectivity index (χ0v) is 15.6. The SMILES string of the molecule is C[C@H](NCC1CCCN1C(=O)OC(C)(C)C)C1CCCCCC1.